The molecule has 0 saturated carbocycles. The smallest absolute Gasteiger partial charge is 0.113 e. The Kier molecular flexibility index (Phi) is 4.82. The van der Waals surface area contributed by atoms with Crippen LogP contribution in [0.3, 0.4) is 0 Å². The first-order valence-electron chi connectivity index (χ1n) is 4.16. The van der Waals surface area contributed by atoms with E-state index in [1.807, 2.05) is 0 Å². The van der Waals surface area contributed by atoms with E-state index in [0.29, 0.717) is 35.2 Å². The molecule has 0 nitrogen and oxygen atoms in total. The molecule has 2 aromatic heterocycles. The molecule has 0 aliphatic heterocycles. The first kappa shape index (κ1) is 14.5. The van der Waals surface area contributed by atoms with Gasteiger partial charge in [0, 0.05) is 16.2 Å². The van der Waals surface area contributed by atoms with Crippen molar-refractivity contribution in [2.24, 2.45) is 0 Å². The molecular weight excluding hydrogens is 385 g/mol. The fourth-order valence-corrected chi connectivity index (χ4v) is 4.99. The maximum absolute atomic E-state index is 6.05. The van der Waals surface area contributed by atoms with Gasteiger partial charge in [-0.1, -0.05) is 69.6 Å². The molecule has 0 spiro atoms. The van der Waals surface area contributed by atoms with Gasteiger partial charge in [0.2, 0.25) is 0 Å². The molecule has 2 aromatic rings. The van der Waals surface area contributed by atoms with E-state index in [4.69, 9.17) is 69.6 Å². The molecule has 0 saturated heterocycles. The van der Waals surface area contributed by atoms with Gasteiger partial charge < -0.3 is 0 Å². The van der Waals surface area contributed by atoms with Crippen LogP contribution in [0.5, 0.6) is 0 Å². The van der Waals surface area contributed by atoms with E-state index < -0.39 is 0 Å². The number of thiophene rings is 2. The third-order valence-electron chi connectivity index (χ3n) is 1.97. The molecule has 17 heavy (non-hydrogen) atoms. The summed E-state index contributed by atoms with van der Waals surface area (Å²) in [6.45, 7) is 0. The summed E-state index contributed by atoms with van der Waals surface area (Å²) in [6, 6.07) is 0. The van der Waals surface area contributed by atoms with Crippen molar-refractivity contribution >= 4 is 92.3 Å². The maximum Gasteiger partial charge on any atom is 0.113 e. The van der Waals surface area contributed by atoms with Crippen molar-refractivity contribution in [2.75, 3.05) is 0 Å². The van der Waals surface area contributed by atoms with Crippen molar-refractivity contribution in [2.45, 2.75) is 6.42 Å². The second kappa shape index (κ2) is 5.64. The van der Waals surface area contributed by atoms with Gasteiger partial charge in [-0.15, -0.1) is 22.7 Å². The Balaban J connectivity index is 2.38. The largest absolute Gasteiger partial charge is 0.125 e. The molecule has 0 aliphatic carbocycles. The Bertz CT molecular complexity index is 520. The molecule has 0 aliphatic rings. The molecule has 2 heterocycles. The highest BCUT2D eigenvalue weighted by Gasteiger charge is 2.19. The number of hydrogen-bond acceptors (Lipinski definition) is 2. The van der Waals surface area contributed by atoms with E-state index in [0.717, 1.165) is 9.75 Å². The predicted molar refractivity (Wildman–Crippen MR) is 81.5 cm³/mol. The van der Waals surface area contributed by atoms with Crippen LogP contribution < -0.4 is 0 Å². The van der Waals surface area contributed by atoms with Gasteiger partial charge in [0.1, 0.15) is 8.67 Å². The van der Waals surface area contributed by atoms with Crippen LogP contribution in [0.15, 0.2) is 0 Å². The Hall–Kier alpha value is 1.14. The highest BCUT2D eigenvalue weighted by molar-refractivity contribution is 7.19. The molecule has 92 valence electrons. The molecule has 0 N–H and O–H groups in total. The third kappa shape index (κ3) is 2.85. The van der Waals surface area contributed by atoms with Gasteiger partial charge in [-0.2, -0.15) is 0 Å². The van der Waals surface area contributed by atoms with Gasteiger partial charge in [-0.3, -0.25) is 0 Å². The van der Waals surface area contributed by atoms with Gasteiger partial charge in [0.05, 0.1) is 20.1 Å². The zero-order chi connectivity index (χ0) is 12.7. The van der Waals surface area contributed by atoms with Crippen molar-refractivity contribution in [3.05, 3.63) is 38.5 Å². The Morgan fingerprint density at radius 2 is 0.941 bits per heavy atom. The number of hydrogen-bond donors (Lipinski definition) is 0. The van der Waals surface area contributed by atoms with Gasteiger partial charge in [-0.25, -0.2) is 0 Å². The minimum Gasteiger partial charge on any atom is -0.125 e. The highest BCUT2D eigenvalue weighted by Crippen LogP contribution is 2.45. The van der Waals surface area contributed by atoms with Gasteiger partial charge >= 0.3 is 0 Å². The number of halogens is 6. The van der Waals surface area contributed by atoms with E-state index in [9.17, 15) is 0 Å². The monoisotopic (exact) mass is 384 g/mol. The molecule has 0 fully saturated rings. The first-order valence-corrected chi connectivity index (χ1v) is 8.06. The summed E-state index contributed by atoms with van der Waals surface area (Å²) in [6.07, 6.45) is 0.520. The molecule has 0 amide bonds. The molecule has 0 unspecified atom stereocenters. The Morgan fingerprint density at radius 3 is 1.18 bits per heavy atom. The zero-order valence-electron chi connectivity index (χ0n) is 7.79. The summed E-state index contributed by atoms with van der Waals surface area (Å²) >= 11 is 38.4. The lowest BCUT2D eigenvalue weighted by Gasteiger charge is -1.96. The van der Waals surface area contributed by atoms with Crippen LogP contribution in [0.4, 0.5) is 0 Å². The fourth-order valence-electron chi connectivity index (χ4n) is 1.19. The van der Waals surface area contributed by atoms with E-state index in [1.54, 1.807) is 0 Å². The van der Waals surface area contributed by atoms with Gasteiger partial charge in [0.25, 0.3) is 0 Å². The van der Waals surface area contributed by atoms with Crippen LogP contribution in [-0.2, 0) is 6.42 Å². The quantitative estimate of drug-likeness (QED) is 0.507. The van der Waals surface area contributed by atoms with E-state index >= 15 is 0 Å². The molecule has 2 rings (SSSR count). The van der Waals surface area contributed by atoms with Gasteiger partial charge in [-0.05, 0) is 0 Å². The van der Waals surface area contributed by atoms with Crippen LogP contribution in [0.25, 0.3) is 0 Å². The minimum atomic E-state index is 0.373. The van der Waals surface area contributed by atoms with E-state index in [2.05, 4.69) is 0 Å². The molecule has 0 atom stereocenters. The first-order chi connectivity index (χ1) is 7.91. The summed E-state index contributed by atoms with van der Waals surface area (Å²) in [7, 11) is 0. The summed E-state index contributed by atoms with van der Waals surface area (Å²) in [4.78, 5) is 1.69. The maximum atomic E-state index is 6.05. The molecule has 0 bridgehead atoms. The molecule has 0 aromatic carbocycles. The average molecular weight is 387 g/mol. The second-order valence-electron chi connectivity index (χ2n) is 3.03. The van der Waals surface area contributed by atoms with Crippen LogP contribution in [-0.4, -0.2) is 0 Å². The van der Waals surface area contributed by atoms with Crippen molar-refractivity contribution < 1.29 is 0 Å². The average Bonchev–Trinajstić information content (AvgIpc) is 2.66. The predicted octanol–water partition coefficient (Wildman–Crippen LogP) is 7.32. The van der Waals surface area contributed by atoms with Crippen molar-refractivity contribution in [3.8, 4) is 0 Å². The number of rotatable bonds is 2. The highest BCUT2D eigenvalue weighted by atomic mass is 35.5. The summed E-state index contributed by atoms with van der Waals surface area (Å²) < 4.78 is 0.938. The lowest BCUT2D eigenvalue weighted by Crippen LogP contribution is -1.81. The fraction of sp³-hybridized carbons (Fsp3) is 0.111. The molecule has 0 radical (unpaired) electrons. The van der Waals surface area contributed by atoms with E-state index in [1.165, 1.54) is 22.7 Å². The van der Waals surface area contributed by atoms with Crippen LogP contribution in [0.2, 0.25) is 28.8 Å². The SMILES string of the molecule is Clc1sc(Cc2sc(Cl)c(Cl)c2Cl)c(Cl)c1Cl. The summed E-state index contributed by atoms with van der Waals surface area (Å²) in [5, 5.41) is 1.66. The molecular formula is C9H2Cl6S2. The second-order valence-corrected chi connectivity index (χ2v) is 7.96. The van der Waals surface area contributed by atoms with Crippen LogP contribution in [0.1, 0.15) is 9.75 Å². The topological polar surface area (TPSA) is 0 Å². The lowest BCUT2D eigenvalue weighted by molar-refractivity contribution is 1.31. The zero-order valence-corrected chi connectivity index (χ0v) is 14.0. The van der Waals surface area contributed by atoms with Gasteiger partial charge in [0.15, 0.2) is 0 Å². The normalized spacial score (nSPS) is 11.2. The summed E-state index contributed by atoms with van der Waals surface area (Å²) in [5.74, 6) is 0. The minimum absolute atomic E-state index is 0.373. The van der Waals surface area contributed by atoms with Crippen LogP contribution >= 0.6 is 92.3 Å². The standard InChI is InChI=1S/C9H2Cl6S2/c10-4-2(16-8(14)6(4)12)1-3-5(11)7(13)9(15)17-3/h1H2. The van der Waals surface area contributed by atoms with Crippen molar-refractivity contribution in [3.63, 3.8) is 0 Å². The van der Waals surface area contributed by atoms with Crippen molar-refractivity contribution in [1.82, 2.24) is 0 Å². The molecule has 8 heteroatoms. The lowest BCUT2D eigenvalue weighted by atomic mass is 10.3. The van der Waals surface area contributed by atoms with E-state index in [-0.39, 0.29) is 0 Å². The summed E-state index contributed by atoms with van der Waals surface area (Å²) in [5.41, 5.74) is 0. The van der Waals surface area contributed by atoms with Crippen molar-refractivity contribution in [1.29, 1.82) is 0 Å². The Labute approximate surface area is 136 Å². The Morgan fingerprint density at radius 1 is 0.588 bits per heavy atom. The third-order valence-corrected chi connectivity index (χ3v) is 7.19. The van der Waals surface area contributed by atoms with Crippen LogP contribution in [0, 0.1) is 0 Å².